The van der Waals surface area contributed by atoms with Crippen LogP contribution in [0.4, 0.5) is 17.1 Å². The lowest BCUT2D eigenvalue weighted by atomic mass is 10.2. The molecular weight excluding hydrogens is 370 g/mol. The molecule has 1 heterocycles. The van der Waals surface area contributed by atoms with E-state index in [0.717, 1.165) is 17.1 Å². The maximum Gasteiger partial charge on any atom is 0.338 e. The summed E-state index contributed by atoms with van der Waals surface area (Å²) in [4.78, 5) is 28.3. The Balaban J connectivity index is 1.62. The van der Waals surface area contributed by atoms with E-state index < -0.39 is 5.97 Å². The van der Waals surface area contributed by atoms with Crippen molar-refractivity contribution in [1.29, 1.82) is 0 Å². The van der Waals surface area contributed by atoms with Gasteiger partial charge in [-0.2, -0.15) is 0 Å². The van der Waals surface area contributed by atoms with E-state index in [1.54, 1.807) is 56.6 Å². The molecule has 0 bridgehead atoms. The summed E-state index contributed by atoms with van der Waals surface area (Å²) >= 11 is 0. The van der Waals surface area contributed by atoms with Crippen LogP contribution in [-0.4, -0.2) is 30.6 Å². The number of rotatable bonds is 7. The molecule has 1 amide bonds. The van der Waals surface area contributed by atoms with Crippen molar-refractivity contribution in [3.05, 3.63) is 78.1 Å². The molecule has 7 heteroatoms. The third-order valence-electron chi connectivity index (χ3n) is 4.01. The zero-order chi connectivity index (χ0) is 20.6. The Labute approximate surface area is 168 Å². The third-order valence-corrected chi connectivity index (χ3v) is 4.01. The molecule has 2 N–H and O–H groups in total. The van der Waals surface area contributed by atoms with Gasteiger partial charge in [0.1, 0.15) is 11.4 Å². The number of aromatic nitrogens is 1. The molecular formula is C22H21N3O4. The minimum atomic E-state index is -0.397. The summed E-state index contributed by atoms with van der Waals surface area (Å²) in [6.07, 6.45) is 1.58. The minimum absolute atomic E-state index is 0.274. The van der Waals surface area contributed by atoms with E-state index in [1.807, 2.05) is 24.3 Å². The summed E-state index contributed by atoms with van der Waals surface area (Å²) < 4.78 is 10.1. The van der Waals surface area contributed by atoms with Crippen LogP contribution in [0.3, 0.4) is 0 Å². The zero-order valence-corrected chi connectivity index (χ0v) is 16.1. The largest absolute Gasteiger partial charge is 0.497 e. The normalized spacial score (nSPS) is 10.1. The first kappa shape index (κ1) is 19.9. The number of esters is 1. The van der Waals surface area contributed by atoms with Gasteiger partial charge in [0.15, 0.2) is 0 Å². The number of nitrogens with zero attached hydrogens (tertiary/aromatic N) is 1. The molecule has 7 nitrogen and oxygen atoms in total. The molecule has 3 aromatic rings. The SMILES string of the molecule is CCOC(=O)c1ccc(NC(=O)c2ccc(Nc3cccc(OC)c3)cn2)cc1. The molecule has 3 rings (SSSR count). The molecule has 0 aliphatic carbocycles. The molecule has 0 aliphatic rings. The van der Waals surface area contributed by atoms with E-state index in [9.17, 15) is 9.59 Å². The Morgan fingerprint density at radius 1 is 0.966 bits per heavy atom. The lowest BCUT2D eigenvalue weighted by molar-refractivity contribution is 0.0526. The lowest BCUT2D eigenvalue weighted by Gasteiger charge is -2.09. The van der Waals surface area contributed by atoms with Crippen molar-refractivity contribution >= 4 is 28.9 Å². The van der Waals surface area contributed by atoms with Crippen molar-refractivity contribution in [3.63, 3.8) is 0 Å². The Hall–Kier alpha value is -3.87. The average Bonchev–Trinajstić information content (AvgIpc) is 2.75. The molecule has 0 saturated heterocycles. The molecule has 1 aromatic heterocycles. The highest BCUT2D eigenvalue weighted by Gasteiger charge is 2.10. The first-order valence-electron chi connectivity index (χ1n) is 9.04. The molecule has 0 unspecified atom stereocenters. The van der Waals surface area contributed by atoms with Crippen molar-refractivity contribution in [2.24, 2.45) is 0 Å². The fourth-order valence-corrected chi connectivity index (χ4v) is 2.57. The highest BCUT2D eigenvalue weighted by atomic mass is 16.5. The molecule has 0 atom stereocenters. The molecule has 0 spiro atoms. The van der Waals surface area contributed by atoms with Crippen LogP contribution in [-0.2, 0) is 4.74 Å². The number of nitrogens with one attached hydrogen (secondary N) is 2. The van der Waals surface area contributed by atoms with Crippen LogP contribution < -0.4 is 15.4 Å². The summed E-state index contributed by atoms with van der Waals surface area (Å²) in [5.41, 5.74) is 2.86. The number of anilines is 3. The number of ether oxygens (including phenoxy) is 2. The van der Waals surface area contributed by atoms with E-state index in [1.165, 1.54) is 0 Å². The number of carbonyl (C=O) groups excluding carboxylic acids is 2. The number of pyridine rings is 1. The fourth-order valence-electron chi connectivity index (χ4n) is 2.57. The maximum absolute atomic E-state index is 12.4. The monoisotopic (exact) mass is 391 g/mol. The molecule has 0 aliphatic heterocycles. The van der Waals surface area contributed by atoms with Crippen molar-refractivity contribution in [2.75, 3.05) is 24.4 Å². The summed E-state index contributed by atoms with van der Waals surface area (Å²) in [7, 11) is 1.61. The van der Waals surface area contributed by atoms with Crippen molar-refractivity contribution in [2.45, 2.75) is 6.92 Å². The van der Waals surface area contributed by atoms with Crippen molar-refractivity contribution in [3.8, 4) is 5.75 Å². The van der Waals surface area contributed by atoms with E-state index in [-0.39, 0.29) is 11.6 Å². The highest BCUT2D eigenvalue weighted by molar-refractivity contribution is 6.03. The second-order valence-electron chi connectivity index (χ2n) is 6.04. The van der Waals surface area contributed by atoms with Crippen LogP contribution in [0.15, 0.2) is 66.9 Å². The van der Waals surface area contributed by atoms with Crippen LogP contribution in [0.2, 0.25) is 0 Å². The number of hydrogen-bond acceptors (Lipinski definition) is 6. The number of methoxy groups -OCH3 is 1. The first-order valence-corrected chi connectivity index (χ1v) is 9.04. The minimum Gasteiger partial charge on any atom is -0.497 e. The molecule has 0 saturated carbocycles. The topological polar surface area (TPSA) is 89.5 Å². The van der Waals surface area contributed by atoms with Crippen LogP contribution in [0, 0.1) is 0 Å². The predicted octanol–water partition coefficient (Wildman–Crippen LogP) is 4.26. The van der Waals surface area contributed by atoms with E-state index in [2.05, 4.69) is 15.6 Å². The number of carbonyl (C=O) groups is 2. The van der Waals surface area contributed by atoms with Crippen LogP contribution in [0.25, 0.3) is 0 Å². The average molecular weight is 391 g/mol. The van der Waals surface area contributed by atoms with Gasteiger partial charge in [0.25, 0.3) is 5.91 Å². The molecule has 148 valence electrons. The summed E-state index contributed by atoms with van der Waals surface area (Å²) in [6, 6.07) is 17.4. The van der Waals surface area contributed by atoms with Crippen molar-refractivity contribution < 1.29 is 19.1 Å². The van der Waals surface area contributed by atoms with Gasteiger partial charge >= 0.3 is 5.97 Å². The first-order chi connectivity index (χ1) is 14.1. The van der Waals surface area contributed by atoms with Gasteiger partial charge in [-0.05, 0) is 55.5 Å². The van der Waals surface area contributed by atoms with Gasteiger partial charge in [-0.15, -0.1) is 0 Å². The summed E-state index contributed by atoms with van der Waals surface area (Å²) in [5, 5.41) is 5.95. The number of amides is 1. The van der Waals surface area contributed by atoms with Crippen LogP contribution in [0.5, 0.6) is 5.75 Å². The molecule has 0 fully saturated rings. The van der Waals surface area contributed by atoms with Gasteiger partial charge in [-0.25, -0.2) is 9.78 Å². The van der Waals surface area contributed by atoms with Gasteiger partial charge in [0.05, 0.1) is 31.2 Å². The van der Waals surface area contributed by atoms with Gasteiger partial charge in [0.2, 0.25) is 0 Å². The molecule has 0 radical (unpaired) electrons. The van der Waals surface area contributed by atoms with Gasteiger partial charge in [-0.3, -0.25) is 4.79 Å². The second-order valence-corrected chi connectivity index (χ2v) is 6.04. The van der Waals surface area contributed by atoms with Crippen molar-refractivity contribution in [1.82, 2.24) is 4.98 Å². The molecule has 29 heavy (non-hydrogen) atoms. The maximum atomic E-state index is 12.4. The second kappa shape index (κ2) is 9.36. The van der Waals surface area contributed by atoms with E-state index in [4.69, 9.17) is 9.47 Å². The van der Waals surface area contributed by atoms with Crippen LogP contribution >= 0.6 is 0 Å². The van der Waals surface area contributed by atoms with Gasteiger partial charge in [0, 0.05) is 17.4 Å². The Kier molecular flexibility index (Phi) is 6.42. The quantitative estimate of drug-likeness (QED) is 0.585. The number of hydrogen-bond donors (Lipinski definition) is 2. The predicted molar refractivity (Wildman–Crippen MR) is 111 cm³/mol. The Morgan fingerprint density at radius 3 is 2.38 bits per heavy atom. The third kappa shape index (κ3) is 5.32. The Morgan fingerprint density at radius 2 is 1.72 bits per heavy atom. The summed E-state index contributed by atoms with van der Waals surface area (Å²) in [6.45, 7) is 2.06. The fraction of sp³-hybridized carbons (Fsp3) is 0.136. The van der Waals surface area contributed by atoms with E-state index >= 15 is 0 Å². The zero-order valence-electron chi connectivity index (χ0n) is 16.1. The van der Waals surface area contributed by atoms with Gasteiger partial charge < -0.3 is 20.1 Å². The highest BCUT2D eigenvalue weighted by Crippen LogP contribution is 2.21. The standard InChI is InChI=1S/C22H21N3O4/c1-3-29-22(27)15-7-9-16(10-8-15)25-21(26)20-12-11-18(14-23-20)24-17-5-4-6-19(13-17)28-2/h4-14,24H,3H2,1-2H3,(H,25,26). The smallest absolute Gasteiger partial charge is 0.338 e. The van der Waals surface area contributed by atoms with Gasteiger partial charge in [-0.1, -0.05) is 6.07 Å². The lowest BCUT2D eigenvalue weighted by Crippen LogP contribution is -2.14. The summed E-state index contributed by atoms with van der Waals surface area (Å²) in [5.74, 6) is 0.000848. The Bertz CT molecular complexity index is 986. The van der Waals surface area contributed by atoms with E-state index in [0.29, 0.717) is 17.9 Å². The van der Waals surface area contributed by atoms with Crippen LogP contribution in [0.1, 0.15) is 27.8 Å². The molecule has 2 aromatic carbocycles. The number of benzene rings is 2.